The third kappa shape index (κ3) is 2.65. The Morgan fingerprint density at radius 1 is 1.31 bits per heavy atom. The van der Waals surface area contributed by atoms with Gasteiger partial charge in [0, 0.05) is 6.04 Å². The lowest BCUT2D eigenvalue weighted by Crippen LogP contribution is -2.17. The van der Waals surface area contributed by atoms with Crippen LogP contribution in [0.3, 0.4) is 0 Å². The summed E-state index contributed by atoms with van der Waals surface area (Å²) in [6, 6.07) is 9.43. The molecule has 16 heavy (non-hydrogen) atoms. The van der Waals surface area contributed by atoms with Crippen molar-refractivity contribution in [3.05, 3.63) is 35.4 Å². The lowest BCUT2D eigenvalue weighted by Gasteiger charge is -2.27. The summed E-state index contributed by atoms with van der Waals surface area (Å²) in [7, 11) is 0. The van der Waals surface area contributed by atoms with E-state index in [2.05, 4.69) is 38.1 Å². The molecule has 1 heteroatoms. The molecule has 1 aromatic carbocycles. The second kappa shape index (κ2) is 5.01. The van der Waals surface area contributed by atoms with E-state index in [9.17, 15) is 0 Å². The number of benzene rings is 1. The second-order valence-corrected chi connectivity index (χ2v) is 5.41. The number of nitrogens with two attached hydrogens (primary N) is 1. The van der Waals surface area contributed by atoms with Gasteiger partial charge in [-0.15, -0.1) is 0 Å². The molecule has 0 spiro atoms. The molecule has 0 aliphatic heterocycles. The third-order valence-electron chi connectivity index (χ3n) is 3.78. The van der Waals surface area contributed by atoms with E-state index in [0.717, 1.165) is 12.3 Å². The van der Waals surface area contributed by atoms with Crippen molar-refractivity contribution in [2.24, 2.45) is 5.73 Å². The molecular formula is C15H23N. The molecule has 88 valence electrons. The van der Waals surface area contributed by atoms with E-state index in [0.29, 0.717) is 12.0 Å². The summed E-state index contributed by atoms with van der Waals surface area (Å²) in [6.07, 6.45) is 5.24. The van der Waals surface area contributed by atoms with Crippen LogP contribution in [0.1, 0.15) is 62.5 Å². The van der Waals surface area contributed by atoms with Gasteiger partial charge in [-0.2, -0.15) is 0 Å². The maximum Gasteiger partial charge on any atom is 0.00162 e. The molecule has 2 rings (SSSR count). The summed E-state index contributed by atoms with van der Waals surface area (Å²) in [6.45, 7) is 4.37. The highest BCUT2D eigenvalue weighted by Gasteiger charge is 2.20. The Balaban J connectivity index is 2.08. The molecule has 1 fully saturated rings. The fourth-order valence-corrected chi connectivity index (χ4v) is 2.55. The Bertz CT molecular complexity index is 339. The minimum Gasteiger partial charge on any atom is -0.328 e. The van der Waals surface area contributed by atoms with E-state index in [1.807, 2.05) is 0 Å². The Kier molecular flexibility index (Phi) is 3.65. The van der Waals surface area contributed by atoms with E-state index in [-0.39, 0.29) is 0 Å². The first kappa shape index (κ1) is 11.7. The first-order valence-electron chi connectivity index (χ1n) is 6.52. The van der Waals surface area contributed by atoms with Crippen LogP contribution in [0, 0.1) is 0 Å². The summed E-state index contributed by atoms with van der Waals surface area (Å²) in [5, 5.41) is 0. The normalized spacial score (nSPS) is 20.2. The molecule has 0 aromatic heterocycles. The van der Waals surface area contributed by atoms with E-state index < -0.39 is 0 Å². The Morgan fingerprint density at radius 3 is 2.62 bits per heavy atom. The Morgan fingerprint density at radius 2 is 2.06 bits per heavy atom. The largest absolute Gasteiger partial charge is 0.328 e. The van der Waals surface area contributed by atoms with Gasteiger partial charge < -0.3 is 5.73 Å². The average Bonchev–Trinajstić information content (AvgIpc) is 2.14. The van der Waals surface area contributed by atoms with Crippen molar-refractivity contribution < 1.29 is 0 Å². The maximum absolute atomic E-state index is 5.87. The highest BCUT2D eigenvalue weighted by molar-refractivity contribution is 5.29. The topological polar surface area (TPSA) is 26.0 Å². The van der Waals surface area contributed by atoms with Crippen molar-refractivity contribution in [3.63, 3.8) is 0 Å². The summed E-state index contributed by atoms with van der Waals surface area (Å²) >= 11 is 0. The zero-order valence-electron chi connectivity index (χ0n) is 10.4. The molecule has 0 bridgehead atoms. The van der Waals surface area contributed by atoms with Crippen molar-refractivity contribution in [1.82, 2.24) is 0 Å². The van der Waals surface area contributed by atoms with Crippen LogP contribution < -0.4 is 5.73 Å². The zero-order chi connectivity index (χ0) is 11.5. The third-order valence-corrected chi connectivity index (χ3v) is 3.78. The van der Waals surface area contributed by atoms with Gasteiger partial charge in [-0.3, -0.25) is 0 Å². The molecule has 1 aliphatic rings. The van der Waals surface area contributed by atoms with Crippen molar-refractivity contribution in [2.75, 3.05) is 0 Å². The minimum atomic E-state index is 0.294. The molecule has 0 saturated heterocycles. The van der Waals surface area contributed by atoms with Gasteiger partial charge in [0.05, 0.1) is 0 Å². The molecule has 1 nitrogen and oxygen atoms in total. The second-order valence-electron chi connectivity index (χ2n) is 5.41. The van der Waals surface area contributed by atoms with Crippen molar-refractivity contribution >= 4 is 0 Å². The molecule has 1 saturated carbocycles. The van der Waals surface area contributed by atoms with Crippen LogP contribution in [0.2, 0.25) is 0 Å². The van der Waals surface area contributed by atoms with Gasteiger partial charge in [0.25, 0.3) is 0 Å². The van der Waals surface area contributed by atoms with Crippen LogP contribution in [-0.4, -0.2) is 6.04 Å². The SMILES string of the molecule is CC(N)CC(C)c1cccc(C2CCC2)c1. The minimum absolute atomic E-state index is 0.294. The number of hydrogen-bond donors (Lipinski definition) is 1. The predicted molar refractivity (Wildman–Crippen MR) is 69.7 cm³/mol. The molecule has 2 unspecified atom stereocenters. The molecule has 0 amide bonds. The average molecular weight is 217 g/mol. The fourth-order valence-electron chi connectivity index (χ4n) is 2.55. The van der Waals surface area contributed by atoms with Gasteiger partial charge in [-0.25, -0.2) is 0 Å². The Labute approximate surface area is 99.0 Å². The van der Waals surface area contributed by atoms with Crippen LogP contribution in [-0.2, 0) is 0 Å². The van der Waals surface area contributed by atoms with E-state index in [1.165, 1.54) is 24.8 Å². The quantitative estimate of drug-likeness (QED) is 0.815. The van der Waals surface area contributed by atoms with Crippen LogP contribution >= 0.6 is 0 Å². The van der Waals surface area contributed by atoms with Crippen LogP contribution in [0.4, 0.5) is 0 Å². The molecular weight excluding hydrogens is 194 g/mol. The smallest absolute Gasteiger partial charge is 0.00162 e. The van der Waals surface area contributed by atoms with E-state index >= 15 is 0 Å². The predicted octanol–water partition coefficient (Wildman–Crippen LogP) is 3.79. The maximum atomic E-state index is 5.87. The van der Waals surface area contributed by atoms with Crippen LogP contribution in [0.15, 0.2) is 24.3 Å². The molecule has 2 N–H and O–H groups in total. The van der Waals surface area contributed by atoms with Gasteiger partial charge in [0.2, 0.25) is 0 Å². The first-order chi connectivity index (χ1) is 7.66. The highest BCUT2D eigenvalue weighted by atomic mass is 14.6. The van der Waals surface area contributed by atoms with Gasteiger partial charge in [-0.1, -0.05) is 37.6 Å². The van der Waals surface area contributed by atoms with Crippen molar-refractivity contribution in [1.29, 1.82) is 0 Å². The van der Waals surface area contributed by atoms with Gasteiger partial charge in [0.1, 0.15) is 0 Å². The Hall–Kier alpha value is -0.820. The first-order valence-corrected chi connectivity index (χ1v) is 6.52. The number of hydrogen-bond acceptors (Lipinski definition) is 1. The highest BCUT2D eigenvalue weighted by Crippen LogP contribution is 2.37. The molecule has 0 heterocycles. The van der Waals surface area contributed by atoms with E-state index in [1.54, 1.807) is 5.56 Å². The number of rotatable bonds is 4. The lowest BCUT2D eigenvalue weighted by atomic mass is 9.79. The summed E-state index contributed by atoms with van der Waals surface area (Å²) < 4.78 is 0. The van der Waals surface area contributed by atoms with Gasteiger partial charge >= 0.3 is 0 Å². The van der Waals surface area contributed by atoms with Gasteiger partial charge in [0.15, 0.2) is 0 Å². The summed E-state index contributed by atoms with van der Waals surface area (Å²) in [5.41, 5.74) is 8.87. The van der Waals surface area contributed by atoms with Crippen molar-refractivity contribution in [2.45, 2.75) is 57.4 Å². The molecule has 0 radical (unpaired) electrons. The monoisotopic (exact) mass is 217 g/mol. The van der Waals surface area contributed by atoms with Gasteiger partial charge in [-0.05, 0) is 49.1 Å². The fraction of sp³-hybridized carbons (Fsp3) is 0.600. The summed E-state index contributed by atoms with van der Waals surface area (Å²) in [5.74, 6) is 1.42. The zero-order valence-corrected chi connectivity index (χ0v) is 10.4. The molecule has 1 aromatic rings. The van der Waals surface area contributed by atoms with Crippen LogP contribution in [0.25, 0.3) is 0 Å². The van der Waals surface area contributed by atoms with E-state index in [4.69, 9.17) is 5.73 Å². The molecule has 1 aliphatic carbocycles. The van der Waals surface area contributed by atoms with Crippen molar-refractivity contribution in [3.8, 4) is 0 Å². The standard InChI is InChI=1S/C15H23N/c1-11(9-12(2)16)14-7-4-8-15(10-14)13-5-3-6-13/h4,7-8,10-13H,3,5-6,9,16H2,1-2H3. The lowest BCUT2D eigenvalue weighted by molar-refractivity contribution is 0.419. The molecule has 2 atom stereocenters. The van der Waals surface area contributed by atoms with Crippen LogP contribution in [0.5, 0.6) is 0 Å². The summed E-state index contributed by atoms with van der Waals surface area (Å²) in [4.78, 5) is 0.